The maximum absolute atomic E-state index is 11.8. The predicted molar refractivity (Wildman–Crippen MR) is 69.8 cm³/mol. The van der Waals surface area contributed by atoms with E-state index in [1.807, 2.05) is 0 Å². The van der Waals surface area contributed by atoms with Crippen LogP contribution in [0.25, 0.3) is 0 Å². The molecular formula is C12H24N2O5. The molecule has 0 radical (unpaired) electrons. The summed E-state index contributed by atoms with van der Waals surface area (Å²) in [6, 6.07) is -0.476. The number of nitrogens with zero attached hydrogens (tertiary/aromatic N) is 1. The SMILES string of the molecule is CCC(CC)(CNC(=O)N(CCO)CCO)C(=O)O. The largest absolute Gasteiger partial charge is 0.481 e. The lowest BCUT2D eigenvalue weighted by Crippen LogP contribution is -2.48. The number of nitrogens with one attached hydrogen (secondary N) is 1. The molecular weight excluding hydrogens is 252 g/mol. The van der Waals surface area contributed by atoms with Crippen LogP contribution in [0.5, 0.6) is 0 Å². The molecule has 0 fully saturated rings. The summed E-state index contributed by atoms with van der Waals surface area (Å²) in [4.78, 5) is 24.3. The van der Waals surface area contributed by atoms with Crippen molar-refractivity contribution in [1.82, 2.24) is 10.2 Å². The molecule has 0 aromatic heterocycles. The molecule has 0 bridgehead atoms. The summed E-state index contributed by atoms with van der Waals surface area (Å²) in [5, 5.41) is 29.4. The molecule has 4 N–H and O–H groups in total. The summed E-state index contributed by atoms with van der Waals surface area (Å²) >= 11 is 0. The third kappa shape index (κ3) is 5.04. The van der Waals surface area contributed by atoms with Crippen LogP contribution in [0.2, 0.25) is 0 Å². The third-order valence-electron chi connectivity index (χ3n) is 3.41. The number of carboxylic acid groups (broad SMARTS) is 1. The summed E-state index contributed by atoms with van der Waals surface area (Å²) in [6.45, 7) is 3.35. The Morgan fingerprint density at radius 1 is 1.11 bits per heavy atom. The average Bonchev–Trinajstić information content (AvgIpc) is 2.39. The van der Waals surface area contributed by atoms with Crippen molar-refractivity contribution in [2.75, 3.05) is 32.8 Å². The number of aliphatic hydroxyl groups is 2. The number of hydrogen-bond donors (Lipinski definition) is 4. The van der Waals surface area contributed by atoms with Gasteiger partial charge in [-0.2, -0.15) is 0 Å². The minimum Gasteiger partial charge on any atom is -0.481 e. The first-order valence-corrected chi connectivity index (χ1v) is 6.45. The summed E-state index contributed by atoms with van der Waals surface area (Å²) in [7, 11) is 0. The number of rotatable bonds is 9. The van der Waals surface area contributed by atoms with E-state index in [9.17, 15) is 14.7 Å². The smallest absolute Gasteiger partial charge is 0.317 e. The molecule has 2 amide bonds. The first kappa shape index (κ1) is 17.7. The Hall–Kier alpha value is -1.34. The fraction of sp³-hybridized carbons (Fsp3) is 0.833. The number of aliphatic carboxylic acids is 1. The summed E-state index contributed by atoms with van der Waals surface area (Å²) < 4.78 is 0. The van der Waals surface area contributed by atoms with Gasteiger partial charge in [0.25, 0.3) is 0 Å². The van der Waals surface area contributed by atoms with Gasteiger partial charge in [-0.3, -0.25) is 4.79 Å². The topological polar surface area (TPSA) is 110 Å². The molecule has 7 nitrogen and oxygen atoms in total. The van der Waals surface area contributed by atoms with Crippen molar-refractivity contribution in [2.45, 2.75) is 26.7 Å². The van der Waals surface area contributed by atoms with Crippen LogP contribution in [0, 0.1) is 5.41 Å². The highest BCUT2D eigenvalue weighted by molar-refractivity contribution is 5.78. The molecule has 0 atom stereocenters. The van der Waals surface area contributed by atoms with E-state index in [1.54, 1.807) is 13.8 Å². The van der Waals surface area contributed by atoms with Crippen LogP contribution >= 0.6 is 0 Å². The van der Waals surface area contributed by atoms with Crippen LogP contribution in [0.1, 0.15) is 26.7 Å². The fourth-order valence-electron chi connectivity index (χ4n) is 1.79. The molecule has 0 aliphatic rings. The van der Waals surface area contributed by atoms with E-state index >= 15 is 0 Å². The molecule has 0 rings (SSSR count). The van der Waals surface area contributed by atoms with Crippen LogP contribution in [0.15, 0.2) is 0 Å². The normalized spacial score (nSPS) is 11.2. The van der Waals surface area contributed by atoms with Gasteiger partial charge in [0.2, 0.25) is 0 Å². The van der Waals surface area contributed by atoms with Crippen molar-refractivity contribution < 1.29 is 24.9 Å². The maximum Gasteiger partial charge on any atom is 0.317 e. The van der Waals surface area contributed by atoms with Gasteiger partial charge < -0.3 is 25.5 Å². The van der Waals surface area contributed by atoms with E-state index in [0.29, 0.717) is 12.8 Å². The summed E-state index contributed by atoms with van der Waals surface area (Å²) in [5.41, 5.74) is -0.972. The van der Waals surface area contributed by atoms with E-state index < -0.39 is 17.4 Å². The van der Waals surface area contributed by atoms with Gasteiger partial charge in [-0.05, 0) is 12.8 Å². The number of hydrogen-bond acceptors (Lipinski definition) is 4. The zero-order chi connectivity index (χ0) is 14.9. The number of carbonyl (C=O) groups is 2. The Balaban J connectivity index is 4.57. The Labute approximate surface area is 113 Å². The number of aliphatic hydroxyl groups excluding tert-OH is 2. The van der Waals surface area contributed by atoms with E-state index in [0.717, 1.165) is 0 Å². The molecule has 0 aromatic rings. The molecule has 0 aliphatic carbocycles. The van der Waals surface area contributed by atoms with E-state index in [4.69, 9.17) is 10.2 Å². The monoisotopic (exact) mass is 276 g/mol. The van der Waals surface area contributed by atoms with Gasteiger partial charge >= 0.3 is 12.0 Å². The Kier molecular flexibility index (Phi) is 8.09. The van der Waals surface area contributed by atoms with Crippen molar-refractivity contribution in [3.8, 4) is 0 Å². The fourth-order valence-corrected chi connectivity index (χ4v) is 1.79. The molecule has 0 saturated heterocycles. The molecule has 0 saturated carbocycles. The van der Waals surface area contributed by atoms with Crippen molar-refractivity contribution in [3.05, 3.63) is 0 Å². The summed E-state index contributed by atoms with van der Waals surface area (Å²) in [5.74, 6) is -0.936. The van der Waals surface area contributed by atoms with Crippen molar-refractivity contribution in [2.24, 2.45) is 5.41 Å². The zero-order valence-corrected chi connectivity index (χ0v) is 11.6. The quantitative estimate of drug-likeness (QED) is 0.469. The highest BCUT2D eigenvalue weighted by atomic mass is 16.4. The van der Waals surface area contributed by atoms with Gasteiger partial charge in [0.15, 0.2) is 0 Å². The van der Waals surface area contributed by atoms with Crippen molar-refractivity contribution >= 4 is 12.0 Å². The third-order valence-corrected chi connectivity index (χ3v) is 3.41. The van der Waals surface area contributed by atoms with Crippen LogP contribution in [0.4, 0.5) is 4.79 Å². The van der Waals surface area contributed by atoms with Crippen molar-refractivity contribution in [1.29, 1.82) is 0 Å². The van der Waals surface area contributed by atoms with Gasteiger partial charge in [0.05, 0.1) is 18.6 Å². The minimum absolute atomic E-state index is 0.0293. The van der Waals surface area contributed by atoms with Gasteiger partial charge in [-0.25, -0.2) is 4.79 Å². The van der Waals surface area contributed by atoms with Gasteiger partial charge in [-0.15, -0.1) is 0 Å². The molecule has 0 spiro atoms. The number of carboxylic acids is 1. The molecule has 19 heavy (non-hydrogen) atoms. The Morgan fingerprint density at radius 3 is 1.89 bits per heavy atom. The van der Waals surface area contributed by atoms with E-state index in [1.165, 1.54) is 4.90 Å². The van der Waals surface area contributed by atoms with Gasteiger partial charge in [0.1, 0.15) is 0 Å². The summed E-state index contributed by atoms with van der Waals surface area (Å²) in [6.07, 6.45) is 0.832. The molecule has 0 unspecified atom stereocenters. The first-order valence-electron chi connectivity index (χ1n) is 6.45. The predicted octanol–water partition coefficient (Wildman–Crippen LogP) is -0.126. The maximum atomic E-state index is 11.8. The highest BCUT2D eigenvalue weighted by Gasteiger charge is 2.35. The molecule has 0 aromatic carbocycles. The lowest BCUT2D eigenvalue weighted by Gasteiger charge is -2.29. The van der Waals surface area contributed by atoms with Crippen molar-refractivity contribution in [3.63, 3.8) is 0 Å². The van der Waals surface area contributed by atoms with E-state index in [-0.39, 0.29) is 32.8 Å². The lowest BCUT2D eigenvalue weighted by atomic mass is 9.82. The second-order valence-corrected chi connectivity index (χ2v) is 4.39. The lowest BCUT2D eigenvalue weighted by molar-refractivity contribution is -0.149. The van der Waals surface area contributed by atoms with Gasteiger partial charge in [0, 0.05) is 19.6 Å². The number of amides is 2. The minimum atomic E-state index is -0.972. The van der Waals surface area contributed by atoms with Crippen LogP contribution < -0.4 is 5.32 Å². The first-order chi connectivity index (χ1) is 8.97. The second kappa shape index (κ2) is 8.71. The van der Waals surface area contributed by atoms with Gasteiger partial charge in [-0.1, -0.05) is 13.8 Å². The Bertz CT molecular complexity index is 286. The van der Waals surface area contributed by atoms with Crippen LogP contribution in [-0.4, -0.2) is 65.1 Å². The van der Waals surface area contributed by atoms with Crippen LogP contribution in [0.3, 0.4) is 0 Å². The molecule has 0 heterocycles. The van der Waals surface area contributed by atoms with E-state index in [2.05, 4.69) is 5.32 Å². The Morgan fingerprint density at radius 2 is 1.58 bits per heavy atom. The average molecular weight is 276 g/mol. The molecule has 112 valence electrons. The molecule has 7 heteroatoms. The molecule has 0 aliphatic heterocycles. The second-order valence-electron chi connectivity index (χ2n) is 4.39. The zero-order valence-electron chi connectivity index (χ0n) is 11.6. The number of carbonyl (C=O) groups excluding carboxylic acids is 1. The standard InChI is InChI=1S/C12H24N2O5/c1-3-12(4-2,10(17)18)9-13-11(19)14(5-7-15)6-8-16/h15-16H,3-9H2,1-2H3,(H,13,19)(H,17,18). The highest BCUT2D eigenvalue weighted by Crippen LogP contribution is 2.25. The number of urea groups is 1. The van der Waals surface area contributed by atoms with Crippen LogP contribution in [-0.2, 0) is 4.79 Å².